The maximum absolute atomic E-state index is 12.1. The van der Waals surface area contributed by atoms with E-state index in [9.17, 15) is 4.79 Å². The summed E-state index contributed by atoms with van der Waals surface area (Å²) in [5, 5.41) is 10.0. The van der Waals surface area contributed by atoms with Crippen LogP contribution in [0.15, 0.2) is 59.1 Å². The molecule has 2 heterocycles. The Bertz CT molecular complexity index is 920. The van der Waals surface area contributed by atoms with Crippen LogP contribution in [0.5, 0.6) is 5.75 Å². The number of para-hydroxylation sites is 1. The van der Waals surface area contributed by atoms with Crippen molar-refractivity contribution in [1.82, 2.24) is 20.8 Å². The highest BCUT2D eigenvalue weighted by Crippen LogP contribution is 2.28. The van der Waals surface area contributed by atoms with Crippen LogP contribution in [0.25, 0.3) is 11.4 Å². The van der Waals surface area contributed by atoms with Gasteiger partial charge in [-0.25, -0.2) is 0 Å². The van der Waals surface area contributed by atoms with Crippen LogP contribution in [0.1, 0.15) is 24.3 Å². The third-order valence-corrected chi connectivity index (χ3v) is 4.62. The van der Waals surface area contributed by atoms with E-state index >= 15 is 0 Å². The first-order valence-electron chi connectivity index (χ1n) is 9.39. The second kappa shape index (κ2) is 8.67. The number of carbonyl (C=O) groups excluding carboxylic acids is 1. The van der Waals surface area contributed by atoms with Crippen LogP contribution in [0.4, 0.5) is 0 Å². The molecule has 7 nitrogen and oxygen atoms in total. The van der Waals surface area contributed by atoms with Crippen molar-refractivity contribution in [2.24, 2.45) is 0 Å². The predicted octanol–water partition coefficient (Wildman–Crippen LogP) is 2.68. The zero-order valence-corrected chi connectivity index (χ0v) is 15.4. The number of rotatable bonds is 7. The fraction of sp³-hybridized carbons (Fsp3) is 0.286. The standard InChI is InChI=1S/C21H22N4O3/c26-21(17-10-6-12-22-17)23-13-19-24-20(25-28-19)16-9-4-5-11-18(16)27-14-15-7-2-1-3-8-15/h1-5,7-9,11,17,22H,6,10,12-14H2,(H,23,26). The van der Waals surface area contributed by atoms with Gasteiger partial charge in [0.2, 0.25) is 17.6 Å². The van der Waals surface area contributed by atoms with E-state index in [0.29, 0.717) is 24.1 Å². The van der Waals surface area contributed by atoms with Gasteiger partial charge in [0.15, 0.2) is 0 Å². The summed E-state index contributed by atoms with van der Waals surface area (Å²) < 4.78 is 11.3. The minimum absolute atomic E-state index is 0.0381. The maximum atomic E-state index is 12.1. The van der Waals surface area contributed by atoms with Gasteiger partial charge in [0.05, 0.1) is 18.2 Å². The third kappa shape index (κ3) is 4.37. The van der Waals surface area contributed by atoms with Crippen molar-refractivity contribution in [3.8, 4) is 17.1 Å². The molecule has 1 aliphatic rings. The smallest absolute Gasteiger partial charge is 0.246 e. The van der Waals surface area contributed by atoms with Gasteiger partial charge in [0, 0.05) is 0 Å². The second-order valence-corrected chi connectivity index (χ2v) is 6.65. The van der Waals surface area contributed by atoms with Crippen molar-refractivity contribution in [2.45, 2.75) is 32.0 Å². The molecule has 28 heavy (non-hydrogen) atoms. The molecule has 1 atom stereocenters. The van der Waals surface area contributed by atoms with Gasteiger partial charge in [0.1, 0.15) is 12.4 Å². The largest absolute Gasteiger partial charge is 0.488 e. The summed E-state index contributed by atoms with van der Waals surface area (Å²) in [6.07, 6.45) is 1.87. The third-order valence-electron chi connectivity index (χ3n) is 4.62. The van der Waals surface area contributed by atoms with Crippen LogP contribution in [-0.4, -0.2) is 28.6 Å². The maximum Gasteiger partial charge on any atom is 0.246 e. The van der Waals surface area contributed by atoms with Crippen molar-refractivity contribution >= 4 is 5.91 Å². The summed E-state index contributed by atoms with van der Waals surface area (Å²) in [5.41, 5.74) is 1.83. The van der Waals surface area contributed by atoms with E-state index in [2.05, 4.69) is 20.8 Å². The Labute approximate surface area is 163 Å². The first kappa shape index (κ1) is 18.2. The van der Waals surface area contributed by atoms with Gasteiger partial charge < -0.3 is 19.9 Å². The van der Waals surface area contributed by atoms with Gasteiger partial charge in [-0.3, -0.25) is 4.79 Å². The van der Waals surface area contributed by atoms with Crippen LogP contribution in [0.2, 0.25) is 0 Å². The second-order valence-electron chi connectivity index (χ2n) is 6.65. The Morgan fingerprint density at radius 3 is 2.82 bits per heavy atom. The summed E-state index contributed by atoms with van der Waals surface area (Å²) in [6, 6.07) is 17.4. The van der Waals surface area contributed by atoms with Crippen molar-refractivity contribution in [3.05, 3.63) is 66.1 Å². The lowest BCUT2D eigenvalue weighted by Crippen LogP contribution is -2.40. The summed E-state index contributed by atoms with van der Waals surface area (Å²) in [4.78, 5) is 16.5. The van der Waals surface area contributed by atoms with Gasteiger partial charge in [-0.05, 0) is 37.1 Å². The Hall–Kier alpha value is -3.19. The molecule has 1 fully saturated rings. The number of amides is 1. The van der Waals surface area contributed by atoms with E-state index in [4.69, 9.17) is 9.26 Å². The van der Waals surface area contributed by atoms with Crippen LogP contribution < -0.4 is 15.4 Å². The van der Waals surface area contributed by atoms with Crippen molar-refractivity contribution in [1.29, 1.82) is 0 Å². The summed E-state index contributed by atoms with van der Waals surface area (Å²) in [5.74, 6) is 1.44. The molecule has 0 spiro atoms. The molecule has 0 radical (unpaired) electrons. The molecule has 0 bridgehead atoms. The minimum Gasteiger partial charge on any atom is -0.488 e. The molecule has 1 unspecified atom stereocenters. The Kier molecular flexibility index (Phi) is 5.63. The topological polar surface area (TPSA) is 89.3 Å². The lowest BCUT2D eigenvalue weighted by Gasteiger charge is -2.09. The number of carbonyl (C=O) groups is 1. The highest BCUT2D eigenvalue weighted by Gasteiger charge is 2.22. The first-order chi connectivity index (χ1) is 13.8. The van der Waals surface area contributed by atoms with E-state index in [0.717, 1.165) is 30.5 Å². The van der Waals surface area contributed by atoms with Gasteiger partial charge in [-0.15, -0.1) is 0 Å². The molecule has 2 aromatic carbocycles. The minimum atomic E-state index is -0.130. The van der Waals surface area contributed by atoms with Gasteiger partial charge in [0.25, 0.3) is 0 Å². The summed E-state index contributed by atoms with van der Waals surface area (Å²) >= 11 is 0. The number of benzene rings is 2. The summed E-state index contributed by atoms with van der Waals surface area (Å²) in [7, 11) is 0. The first-order valence-corrected chi connectivity index (χ1v) is 9.39. The molecule has 0 aliphatic carbocycles. The Morgan fingerprint density at radius 1 is 1.18 bits per heavy atom. The number of hydrogen-bond acceptors (Lipinski definition) is 6. The number of nitrogens with zero attached hydrogens (tertiary/aromatic N) is 2. The molecule has 1 aliphatic heterocycles. The van der Waals surface area contributed by atoms with Gasteiger partial charge >= 0.3 is 0 Å². The summed E-state index contributed by atoms with van der Waals surface area (Å²) in [6.45, 7) is 1.53. The lowest BCUT2D eigenvalue weighted by atomic mass is 10.2. The van der Waals surface area contributed by atoms with Crippen molar-refractivity contribution in [3.63, 3.8) is 0 Å². The molecule has 1 saturated heterocycles. The Morgan fingerprint density at radius 2 is 2.00 bits per heavy atom. The molecule has 4 rings (SSSR count). The fourth-order valence-electron chi connectivity index (χ4n) is 3.14. The predicted molar refractivity (Wildman–Crippen MR) is 103 cm³/mol. The number of ether oxygens (including phenoxy) is 1. The van der Waals surface area contributed by atoms with Crippen molar-refractivity contribution in [2.75, 3.05) is 6.54 Å². The molecule has 144 valence electrons. The van der Waals surface area contributed by atoms with E-state index in [1.54, 1.807) is 0 Å². The average molecular weight is 378 g/mol. The van der Waals surface area contributed by atoms with Crippen molar-refractivity contribution < 1.29 is 14.1 Å². The number of hydrogen-bond donors (Lipinski definition) is 2. The molecule has 1 aromatic heterocycles. The molecule has 7 heteroatoms. The van der Waals surface area contributed by atoms with Crippen LogP contribution in [0, 0.1) is 0 Å². The van der Waals surface area contributed by atoms with E-state index in [1.807, 2.05) is 54.6 Å². The molecule has 3 aromatic rings. The SMILES string of the molecule is O=C(NCc1nc(-c2ccccc2OCc2ccccc2)no1)C1CCCN1. The van der Waals surface area contributed by atoms with Gasteiger partial charge in [-0.2, -0.15) is 4.98 Å². The Balaban J connectivity index is 1.41. The normalized spacial score (nSPS) is 16.1. The lowest BCUT2D eigenvalue weighted by molar-refractivity contribution is -0.123. The molecule has 1 amide bonds. The fourth-order valence-corrected chi connectivity index (χ4v) is 3.14. The number of nitrogens with one attached hydrogen (secondary N) is 2. The van der Waals surface area contributed by atoms with Crippen LogP contribution in [-0.2, 0) is 17.9 Å². The molecular weight excluding hydrogens is 356 g/mol. The zero-order chi connectivity index (χ0) is 19.2. The van der Waals surface area contributed by atoms with E-state index in [-0.39, 0.29) is 18.5 Å². The molecular formula is C21H22N4O3. The average Bonchev–Trinajstić information content (AvgIpc) is 3.44. The molecule has 0 saturated carbocycles. The van der Waals surface area contributed by atoms with E-state index < -0.39 is 0 Å². The van der Waals surface area contributed by atoms with Crippen LogP contribution in [0.3, 0.4) is 0 Å². The highest BCUT2D eigenvalue weighted by atomic mass is 16.5. The van der Waals surface area contributed by atoms with Crippen LogP contribution >= 0.6 is 0 Å². The molecule has 2 N–H and O–H groups in total. The highest BCUT2D eigenvalue weighted by molar-refractivity contribution is 5.81. The quantitative estimate of drug-likeness (QED) is 0.657. The monoisotopic (exact) mass is 378 g/mol. The van der Waals surface area contributed by atoms with E-state index in [1.165, 1.54) is 0 Å². The number of aromatic nitrogens is 2. The zero-order valence-electron chi connectivity index (χ0n) is 15.4. The van der Waals surface area contributed by atoms with Gasteiger partial charge in [-0.1, -0.05) is 47.6 Å².